The quantitative estimate of drug-likeness (QED) is 0.772. The maximum atomic E-state index is 13.4. The smallest absolute Gasteiger partial charge is 0.387 e. The van der Waals surface area contributed by atoms with Gasteiger partial charge in [-0.15, -0.1) is 0 Å². The molecule has 19 heavy (non-hydrogen) atoms. The minimum absolute atomic E-state index is 0.159. The Morgan fingerprint density at radius 2 is 1.89 bits per heavy atom. The van der Waals surface area contributed by atoms with E-state index in [1.807, 2.05) is 20.8 Å². The maximum Gasteiger partial charge on any atom is 0.387 e. The lowest BCUT2D eigenvalue weighted by atomic mass is 9.95. The number of nitrogens with two attached hydrogens (primary N) is 1. The van der Waals surface area contributed by atoms with E-state index in [0.717, 1.165) is 18.9 Å². The molecule has 1 rings (SSSR count). The van der Waals surface area contributed by atoms with Crippen molar-refractivity contribution in [3.05, 3.63) is 17.9 Å². The molecule has 0 saturated heterocycles. The molecule has 0 bridgehead atoms. The van der Waals surface area contributed by atoms with Gasteiger partial charge < -0.3 is 15.8 Å². The number of nitrogens with one attached hydrogen (secondary N) is 1. The lowest BCUT2D eigenvalue weighted by Gasteiger charge is -2.30. The zero-order valence-electron chi connectivity index (χ0n) is 11.3. The van der Waals surface area contributed by atoms with Crippen molar-refractivity contribution in [2.24, 2.45) is 0 Å². The third kappa shape index (κ3) is 3.94. The summed E-state index contributed by atoms with van der Waals surface area (Å²) >= 11 is 0. The van der Waals surface area contributed by atoms with Crippen LogP contribution in [0.25, 0.3) is 0 Å². The predicted molar refractivity (Wildman–Crippen MR) is 70.1 cm³/mol. The standard InChI is InChI=1S/C13H19F3N2O/c1-4-13(3,5-2)18-10-7-11(19-12(15)16)8(14)6-9(10)17/h6-7,12,18H,4-5,17H2,1-3H3. The second kappa shape index (κ2) is 6.04. The van der Waals surface area contributed by atoms with Gasteiger partial charge >= 0.3 is 6.61 Å². The van der Waals surface area contributed by atoms with Crippen LogP contribution < -0.4 is 15.8 Å². The Bertz CT molecular complexity index is 434. The average Bonchev–Trinajstić information content (AvgIpc) is 2.34. The van der Waals surface area contributed by atoms with Gasteiger partial charge in [0.2, 0.25) is 0 Å². The highest BCUT2D eigenvalue weighted by atomic mass is 19.3. The minimum atomic E-state index is -3.07. The van der Waals surface area contributed by atoms with Crippen LogP contribution in [0.1, 0.15) is 33.6 Å². The van der Waals surface area contributed by atoms with E-state index in [4.69, 9.17) is 5.73 Å². The molecule has 0 fully saturated rings. The van der Waals surface area contributed by atoms with Crippen molar-refractivity contribution in [2.45, 2.75) is 45.8 Å². The van der Waals surface area contributed by atoms with Gasteiger partial charge in [0.25, 0.3) is 0 Å². The molecule has 0 heterocycles. The third-order valence-corrected chi connectivity index (χ3v) is 3.32. The Hall–Kier alpha value is -1.59. The molecule has 0 spiro atoms. The Morgan fingerprint density at radius 1 is 1.32 bits per heavy atom. The molecule has 0 aliphatic rings. The first-order valence-corrected chi connectivity index (χ1v) is 6.13. The van der Waals surface area contributed by atoms with Crippen LogP contribution in [0.15, 0.2) is 12.1 Å². The normalized spacial score (nSPS) is 11.7. The first kappa shape index (κ1) is 15.5. The van der Waals surface area contributed by atoms with Gasteiger partial charge in [-0.05, 0) is 19.8 Å². The predicted octanol–water partition coefficient (Wildman–Crippen LogP) is 4.00. The van der Waals surface area contributed by atoms with Gasteiger partial charge in [0.15, 0.2) is 11.6 Å². The summed E-state index contributed by atoms with van der Waals surface area (Å²) in [5, 5.41) is 3.15. The number of ether oxygens (including phenoxy) is 1. The Kier molecular flexibility index (Phi) is 4.91. The maximum absolute atomic E-state index is 13.4. The van der Waals surface area contributed by atoms with Crippen molar-refractivity contribution in [3.63, 3.8) is 0 Å². The van der Waals surface area contributed by atoms with Crippen LogP contribution in [0.4, 0.5) is 24.5 Å². The van der Waals surface area contributed by atoms with Gasteiger partial charge in [-0.3, -0.25) is 0 Å². The van der Waals surface area contributed by atoms with E-state index in [0.29, 0.717) is 5.69 Å². The summed E-state index contributed by atoms with van der Waals surface area (Å²) < 4.78 is 41.9. The van der Waals surface area contributed by atoms with E-state index in [1.165, 1.54) is 6.07 Å². The van der Waals surface area contributed by atoms with Crippen LogP contribution >= 0.6 is 0 Å². The van der Waals surface area contributed by atoms with Crippen molar-refractivity contribution in [1.29, 1.82) is 0 Å². The molecule has 0 unspecified atom stereocenters. The molecule has 0 amide bonds. The van der Waals surface area contributed by atoms with Crippen LogP contribution in [0.2, 0.25) is 0 Å². The molecular weight excluding hydrogens is 257 g/mol. The summed E-state index contributed by atoms with van der Waals surface area (Å²) in [6.07, 6.45) is 1.62. The lowest BCUT2D eigenvalue weighted by Crippen LogP contribution is -2.33. The van der Waals surface area contributed by atoms with E-state index in [1.54, 1.807) is 0 Å². The summed E-state index contributed by atoms with van der Waals surface area (Å²) in [5.41, 5.74) is 6.00. The Balaban J connectivity index is 3.07. The van der Waals surface area contributed by atoms with E-state index in [9.17, 15) is 13.2 Å². The van der Waals surface area contributed by atoms with Gasteiger partial charge in [-0.1, -0.05) is 13.8 Å². The molecule has 3 nitrogen and oxygen atoms in total. The molecular formula is C13H19F3N2O. The van der Waals surface area contributed by atoms with E-state index < -0.39 is 18.2 Å². The summed E-state index contributed by atoms with van der Waals surface area (Å²) in [7, 11) is 0. The second-order valence-corrected chi connectivity index (χ2v) is 4.64. The van der Waals surface area contributed by atoms with Crippen LogP contribution in [-0.2, 0) is 0 Å². The fraction of sp³-hybridized carbons (Fsp3) is 0.538. The van der Waals surface area contributed by atoms with Crippen molar-refractivity contribution in [2.75, 3.05) is 11.1 Å². The number of benzene rings is 1. The molecule has 0 aliphatic heterocycles. The fourth-order valence-electron chi connectivity index (χ4n) is 1.62. The van der Waals surface area contributed by atoms with Gasteiger partial charge in [-0.2, -0.15) is 8.78 Å². The Morgan fingerprint density at radius 3 is 2.37 bits per heavy atom. The average molecular weight is 276 g/mol. The summed E-state index contributed by atoms with van der Waals surface area (Å²) in [6.45, 7) is 2.89. The zero-order chi connectivity index (χ0) is 14.6. The number of hydrogen-bond acceptors (Lipinski definition) is 3. The number of anilines is 2. The number of halogens is 3. The molecule has 0 saturated carbocycles. The van der Waals surface area contributed by atoms with Crippen molar-refractivity contribution in [1.82, 2.24) is 0 Å². The Labute approximate surface area is 110 Å². The van der Waals surface area contributed by atoms with Crippen LogP contribution in [0.5, 0.6) is 5.75 Å². The largest absolute Gasteiger partial charge is 0.432 e. The first-order chi connectivity index (χ1) is 8.81. The van der Waals surface area contributed by atoms with Gasteiger partial charge in [0.1, 0.15) is 0 Å². The van der Waals surface area contributed by atoms with Gasteiger partial charge in [-0.25, -0.2) is 4.39 Å². The molecule has 0 radical (unpaired) electrons. The highest BCUT2D eigenvalue weighted by Crippen LogP contribution is 2.32. The molecule has 108 valence electrons. The summed E-state index contributed by atoms with van der Waals surface area (Å²) in [5.74, 6) is -1.42. The highest BCUT2D eigenvalue weighted by molar-refractivity contribution is 5.69. The lowest BCUT2D eigenvalue weighted by molar-refractivity contribution is -0.0521. The SMILES string of the molecule is CCC(C)(CC)Nc1cc(OC(F)F)c(F)cc1N. The van der Waals surface area contributed by atoms with Crippen molar-refractivity contribution >= 4 is 11.4 Å². The molecule has 6 heteroatoms. The van der Waals surface area contributed by atoms with Gasteiger partial charge in [0, 0.05) is 17.7 Å². The minimum Gasteiger partial charge on any atom is -0.432 e. The molecule has 3 N–H and O–H groups in total. The van der Waals surface area contributed by atoms with E-state index >= 15 is 0 Å². The molecule has 1 aromatic carbocycles. The molecule has 0 aliphatic carbocycles. The highest BCUT2D eigenvalue weighted by Gasteiger charge is 2.21. The topological polar surface area (TPSA) is 47.3 Å². The summed E-state index contributed by atoms with van der Waals surface area (Å²) in [4.78, 5) is 0. The third-order valence-electron chi connectivity index (χ3n) is 3.32. The first-order valence-electron chi connectivity index (χ1n) is 6.13. The zero-order valence-corrected chi connectivity index (χ0v) is 11.3. The number of nitrogen functional groups attached to an aromatic ring is 1. The van der Waals surface area contributed by atoms with Crippen LogP contribution in [0.3, 0.4) is 0 Å². The van der Waals surface area contributed by atoms with Crippen LogP contribution in [-0.4, -0.2) is 12.2 Å². The summed E-state index contributed by atoms with van der Waals surface area (Å²) in [6, 6.07) is 2.15. The molecule has 0 aromatic heterocycles. The second-order valence-electron chi connectivity index (χ2n) is 4.64. The number of hydrogen-bond donors (Lipinski definition) is 2. The van der Waals surface area contributed by atoms with E-state index in [-0.39, 0.29) is 11.2 Å². The van der Waals surface area contributed by atoms with Crippen molar-refractivity contribution < 1.29 is 17.9 Å². The monoisotopic (exact) mass is 276 g/mol. The van der Waals surface area contributed by atoms with Gasteiger partial charge in [0.05, 0.1) is 11.4 Å². The van der Waals surface area contributed by atoms with Crippen LogP contribution in [0, 0.1) is 5.82 Å². The number of rotatable bonds is 6. The number of alkyl halides is 2. The molecule has 1 aromatic rings. The molecule has 0 atom stereocenters. The van der Waals surface area contributed by atoms with E-state index in [2.05, 4.69) is 10.1 Å². The fourth-order valence-corrected chi connectivity index (χ4v) is 1.62. The van der Waals surface area contributed by atoms with Crippen molar-refractivity contribution in [3.8, 4) is 5.75 Å².